The number of benzene rings is 1. The predicted octanol–water partition coefficient (Wildman–Crippen LogP) is 1.15. The molecule has 1 N–H and O–H groups in total. The van der Waals surface area contributed by atoms with Crippen LogP contribution in [-0.2, 0) is 14.6 Å². The third kappa shape index (κ3) is 3.19. The summed E-state index contributed by atoms with van der Waals surface area (Å²) in [5.41, 5.74) is 0.466. The second kappa shape index (κ2) is 5.38. The Bertz CT molecular complexity index is 587. The highest BCUT2D eigenvalue weighted by Gasteiger charge is 2.35. The summed E-state index contributed by atoms with van der Waals surface area (Å²) in [6, 6.07) is 5.74. The van der Waals surface area contributed by atoms with Gasteiger partial charge in [0.25, 0.3) is 0 Å². The van der Waals surface area contributed by atoms with Crippen LogP contribution >= 0.6 is 11.6 Å². The first kappa shape index (κ1) is 14.1. The fourth-order valence-electron chi connectivity index (χ4n) is 2.24. The molecule has 7 heteroatoms. The predicted molar refractivity (Wildman–Crippen MR) is 73.4 cm³/mol. The van der Waals surface area contributed by atoms with E-state index >= 15 is 0 Å². The van der Waals surface area contributed by atoms with Gasteiger partial charge in [0.1, 0.15) is 11.6 Å². The summed E-state index contributed by atoms with van der Waals surface area (Å²) in [6.07, 6.45) is 0.390. The Morgan fingerprint density at radius 2 is 2.21 bits per heavy atom. The maximum absolute atomic E-state index is 11.9. The number of halogens is 1. The van der Waals surface area contributed by atoms with Crippen molar-refractivity contribution in [1.29, 1.82) is 0 Å². The van der Waals surface area contributed by atoms with E-state index in [0.29, 0.717) is 12.1 Å². The Morgan fingerprint density at radius 3 is 2.74 bits per heavy atom. The molecule has 1 atom stereocenters. The minimum absolute atomic E-state index is 0.0192. The largest absolute Gasteiger partial charge is 0.508 e. The molecule has 0 aliphatic carbocycles. The Kier molecular flexibility index (Phi) is 4.01. The van der Waals surface area contributed by atoms with Crippen LogP contribution in [-0.4, -0.2) is 42.9 Å². The van der Waals surface area contributed by atoms with E-state index in [1.807, 2.05) is 0 Å². The van der Waals surface area contributed by atoms with Crippen LogP contribution < -0.4 is 4.90 Å². The highest BCUT2D eigenvalue weighted by molar-refractivity contribution is 7.91. The maximum Gasteiger partial charge on any atom is 0.242 e. The molecule has 1 saturated heterocycles. The number of aromatic hydroxyl groups is 1. The van der Waals surface area contributed by atoms with Crippen LogP contribution in [0.1, 0.15) is 6.42 Å². The summed E-state index contributed by atoms with van der Waals surface area (Å²) < 4.78 is 23.1. The Morgan fingerprint density at radius 1 is 1.47 bits per heavy atom. The minimum atomic E-state index is -3.10. The van der Waals surface area contributed by atoms with Gasteiger partial charge in [-0.15, -0.1) is 11.6 Å². The third-order valence-corrected chi connectivity index (χ3v) is 5.04. The van der Waals surface area contributed by atoms with E-state index in [9.17, 15) is 18.3 Å². The van der Waals surface area contributed by atoms with E-state index in [1.54, 1.807) is 12.1 Å². The summed E-state index contributed by atoms with van der Waals surface area (Å²) >= 11 is 5.58. The molecular weight excluding hydrogens is 290 g/mol. The molecule has 1 heterocycles. The van der Waals surface area contributed by atoms with Gasteiger partial charge in [-0.1, -0.05) is 6.07 Å². The number of nitrogens with zero attached hydrogens (tertiary/aromatic N) is 1. The first-order chi connectivity index (χ1) is 8.93. The van der Waals surface area contributed by atoms with Crippen LogP contribution in [0.4, 0.5) is 5.69 Å². The molecule has 19 heavy (non-hydrogen) atoms. The number of phenols is 1. The second-order valence-electron chi connectivity index (χ2n) is 4.47. The van der Waals surface area contributed by atoms with Gasteiger partial charge in [-0.3, -0.25) is 4.79 Å². The van der Waals surface area contributed by atoms with Crippen LogP contribution in [0.2, 0.25) is 0 Å². The van der Waals surface area contributed by atoms with Crippen molar-refractivity contribution in [2.75, 3.05) is 22.3 Å². The number of anilines is 1. The number of hydrogen-bond acceptors (Lipinski definition) is 4. The molecule has 1 aromatic carbocycles. The first-order valence-electron chi connectivity index (χ1n) is 5.80. The van der Waals surface area contributed by atoms with E-state index in [2.05, 4.69) is 0 Å². The zero-order valence-corrected chi connectivity index (χ0v) is 11.7. The van der Waals surface area contributed by atoms with Gasteiger partial charge in [0.15, 0.2) is 9.84 Å². The molecule has 0 radical (unpaired) electrons. The Balaban J connectivity index is 2.35. The number of rotatable bonds is 3. The molecular formula is C12H14ClNO4S. The van der Waals surface area contributed by atoms with Crippen LogP contribution in [0.15, 0.2) is 24.3 Å². The molecule has 0 aromatic heterocycles. The van der Waals surface area contributed by atoms with Crippen molar-refractivity contribution < 1.29 is 18.3 Å². The molecule has 0 saturated carbocycles. The van der Waals surface area contributed by atoms with Gasteiger partial charge in [-0.2, -0.15) is 0 Å². The SMILES string of the molecule is O=C(CCl)N(c1cccc(O)c1)[C@@H]1CCS(=O)(=O)C1. The van der Waals surface area contributed by atoms with Gasteiger partial charge >= 0.3 is 0 Å². The lowest BCUT2D eigenvalue weighted by Crippen LogP contribution is -2.42. The molecule has 0 unspecified atom stereocenters. The van der Waals surface area contributed by atoms with E-state index < -0.39 is 15.9 Å². The highest BCUT2D eigenvalue weighted by atomic mass is 35.5. The number of phenolic OH excluding ortho intramolecular Hbond substituents is 1. The van der Waals surface area contributed by atoms with E-state index in [1.165, 1.54) is 17.0 Å². The number of carbonyl (C=O) groups excluding carboxylic acids is 1. The number of carbonyl (C=O) groups is 1. The molecule has 2 rings (SSSR count). The average molecular weight is 304 g/mol. The zero-order chi connectivity index (χ0) is 14.0. The summed E-state index contributed by atoms with van der Waals surface area (Å²) in [6.45, 7) is 0. The van der Waals surface area contributed by atoms with Crippen molar-refractivity contribution in [2.45, 2.75) is 12.5 Å². The fraction of sp³-hybridized carbons (Fsp3) is 0.417. The molecule has 0 spiro atoms. The van der Waals surface area contributed by atoms with Crippen LogP contribution in [0, 0.1) is 0 Å². The monoisotopic (exact) mass is 303 g/mol. The Hall–Kier alpha value is -1.27. The van der Waals surface area contributed by atoms with E-state index in [0.717, 1.165) is 0 Å². The van der Waals surface area contributed by atoms with Crippen LogP contribution in [0.3, 0.4) is 0 Å². The van der Waals surface area contributed by atoms with Crippen molar-refractivity contribution in [2.24, 2.45) is 0 Å². The molecule has 1 aliphatic rings. The van der Waals surface area contributed by atoms with Crippen molar-refractivity contribution in [3.63, 3.8) is 0 Å². The first-order valence-corrected chi connectivity index (χ1v) is 8.16. The number of amides is 1. The van der Waals surface area contributed by atoms with Crippen LogP contribution in [0.25, 0.3) is 0 Å². The number of sulfone groups is 1. The Labute approximate surface area is 116 Å². The molecule has 1 fully saturated rings. The summed E-state index contributed by atoms with van der Waals surface area (Å²) in [5.74, 6) is -0.569. The van der Waals surface area contributed by atoms with Crippen molar-refractivity contribution in [1.82, 2.24) is 0 Å². The molecule has 1 aliphatic heterocycles. The summed E-state index contributed by atoms with van der Waals surface area (Å²) in [5, 5.41) is 9.47. The molecule has 0 bridgehead atoms. The van der Waals surface area contributed by atoms with E-state index in [4.69, 9.17) is 11.6 Å². The molecule has 104 valence electrons. The lowest BCUT2D eigenvalue weighted by Gasteiger charge is -2.27. The normalized spacial score (nSPS) is 21.2. The second-order valence-corrected chi connectivity index (χ2v) is 6.97. The van der Waals surface area contributed by atoms with Gasteiger partial charge in [0, 0.05) is 11.8 Å². The van der Waals surface area contributed by atoms with Gasteiger partial charge in [-0.05, 0) is 18.6 Å². The highest BCUT2D eigenvalue weighted by Crippen LogP contribution is 2.27. The van der Waals surface area contributed by atoms with E-state index in [-0.39, 0.29) is 29.0 Å². The summed E-state index contributed by atoms with van der Waals surface area (Å²) in [7, 11) is -3.10. The smallest absolute Gasteiger partial charge is 0.242 e. The maximum atomic E-state index is 11.9. The van der Waals surface area contributed by atoms with Crippen molar-refractivity contribution in [3.8, 4) is 5.75 Å². The molecule has 5 nitrogen and oxygen atoms in total. The van der Waals surface area contributed by atoms with Gasteiger partial charge < -0.3 is 10.0 Å². The number of alkyl halides is 1. The standard InChI is InChI=1S/C12H14ClNO4S/c13-7-12(16)14(9-2-1-3-11(15)6-9)10-4-5-19(17,18)8-10/h1-3,6,10,15H,4-5,7-8H2/t10-/m1/s1. The van der Waals surface area contributed by atoms with Crippen molar-refractivity contribution >= 4 is 33.0 Å². The van der Waals surface area contributed by atoms with Crippen LogP contribution in [0.5, 0.6) is 5.75 Å². The van der Waals surface area contributed by atoms with Crippen molar-refractivity contribution in [3.05, 3.63) is 24.3 Å². The summed E-state index contributed by atoms with van der Waals surface area (Å²) in [4.78, 5) is 13.3. The quantitative estimate of drug-likeness (QED) is 0.850. The fourth-order valence-corrected chi connectivity index (χ4v) is 4.07. The zero-order valence-electron chi connectivity index (χ0n) is 10.1. The lowest BCUT2D eigenvalue weighted by molar-refractivity contribution is -0.116. The van der Waals surface area contributed by atoms with Gasteiger partial charge in [0.05, 0.1) is 17.5 Å². The molecule has 1 aromatic rings. The molecule has 1 amide bonds. The third-order valence-electron chi connectivity index (χ3n) is 3.06. The van der Waals surface area contributed by atoms with Gasteiger partial charge in [-0.25, -0.2) is 8.42 Å². The number of hydrogen-bond donors (Lipinski definition) is 1. The topological polar surface area (TPSA) is 74.7 Å². The lowest BCUT2D eigenvalue weighted by atomic mass is 10.2. The average Bonchev–Trinajstić information content (AvgIpc) is 2.69. The van der Waals surface area contributed by atoms with Gasteiger partial charge in [0.2, 0.25) is 5.91 Å². The minimum Gasteiger partial charge on any atom is -0.508 e.